The van der Waals surface area contributed by atoms with Gasteiger partial charge in [0.1, 0.15) is 0 Å². The number of likely N-dealkylation sites (N-methyl/N-ethyl adjacent to an activating group) is 1. The predicted octanol–water partition coefficient (Wildman–Crippen LogP) is 0.581. The Kier molecular flexibility index (Phi) is 4.06. The van der Waals surface area contributed by atoms with Gasteiger partial charge in [-0.15, -0.1) is 0 Å². The summed E-state index contributed by atoms with van der Waals surface area (Å²) in [7, 11) is 2.18. The number of rotatable bonds is 2. The Hall–Kier alpha value is -1.30. The van der Waals surface area contributed by atoms with Crippen molar-refractivity contribution in [1.29, 1.82) is 0 Å². The van der Waals surface area contributed by atoms with Crippen molar-refractivity contribution in [3.8, 4) is 0 Å². The highest BCUT2D eigenvalue weighted by atomic mass is 16.2. The van der Waals surface area contributed by atoms with Crippen LogP contribution in [-0.2, 0) is 4.79 Å². The largest absolute Gasteiger partial charge is 0.356 e. The van der Waals surface area contributed by atoms with Gasteiger partial charge in [-0.2, -0.15) is 0 Å². The summed E-state index contributed by atoms with van der Waals surface area (Å²) in [6.45, 7) is 1.58. The lowest BCUT2D eigenvalue weighted by Crippen LogP contribution is -2.51. The van der Waals surface area contributed by atoms with Gasteiger partial charge in [-0.25, -0.2) is 4.79 Å². The molecule has 3 fully saturated rings. The van der Waals surface area contributed by atoms with Gasteiger partial charge in [-0.3, -0.25) is 9.69 Å². The minimum Gasteiger partial charge on any atom is -0.356 e. The van der Waals surface area contributed by atoms with Gasteiger partial charge in [0.25, 0.3) is 0 Å². The van der Waals surface area contributed by atoms with Crippen LogP contribution in [0.4, 0.5) is 4.79 Å². The van der Waals surface area contributed by atoms with Crippen molar-refractivity contribution < 1.29 is 9.59 Å². The van der Waals surface area contributed by atoms with Crippen molar-refractivity contribution in [1.82, 2.24) is 20.9 Å². The standard InChI is InChI=1S/C15H26N4O2/c1-19-10-12(9-15(19)5-2-3-6-15)18-14(21)17-11-4-7-16-13(20)8-11/h11-12H,2-10H2,1H3,(H,16,20)(H2,17,18,21). The maximum atomic E-state index is 12.1. The van der Waals surface area contributed by atoms with E-state index in [1.807, 2.05) is 0 Å². The Labute approximate surface area is 126 Å². The van der Waals surface area contributed by atoms with Gasteiger partial charge in [-0.05, 0) is 32.7 Å². The topological polar surface area (TPSA) is 73.5 Å². The number of carbonyl (C=O) groups excluding carboxylic acids is 2. The van der Waals surface area contributed by atoms with E-state index in [0.717, 1.165) is 19.4 Å². The van der Waals surface area contributed by atoms with Crippen LogP contribution < -0.4 is 16.0 Å². The summed E-state index contributed by atoms with van der Waals surface area (Å²) in [6, 6.07) is 0.0759. The first-order chi connectivity index (χ1) is 10.1. The first kappa shape index (κ1) is 14.6. The molecule has 3 aliphatic rings. The van der Waals surface area contributed by atoms with Gasteiger partial charge in [0, 0.05) is 37.1 Å². The molecule has 3 amide bonds. The zero-order valence-electron chi connectivity index (χ0n) is 12.8. The van der Waals surface area contributed by atoms with Crippen LogP contribution in [0.1, 0.15) is 44.9 Å². The predicted molar refractivity (Wildman–Crippen MR) is 79.9 cm³/mol. The van der Waals surface area contributed by atoms with E-state index in [4.69, 9.17) is 0 Å². The number of urea groups is 1. The highest BCUT2D eigenvalue weighted by molar-refractivity contribution is 5.79. The highest BCUT2D eigenvalue weighted by Crippen LogP contribution is 2.42. The van der Waals surface area contributed by atoms with Crippen molar-refractivity contribution in [3.05, 3.63) is 0 Å². The first-order valence-corrected chi connectivity index (χ1v) is 8.12. The van der Waals surface area contributed by atoms with E-state index >= 15 is 0 Å². The lowest BCUT2D eigenvalue weighted by molar-refractivity contribution is -0.122. The molecule has 0 radical (unpaired) electrons. The van der Waals surface area contributed by atoms with E-state index < -0.39 is 0 Å². The lowest BCUT2D eigenvalue weighted by Gasteiger charge is -2.31. The molecule has 3 N–H and O–H groups in total. The number of carbonyl (C=O) groups is 2. The summed E-state index contributed by atoms with van der Waals surface area (Å²) in [5.74, 6) is 0.0251. The van der Waals surface area contributed by atoms with Crippen LogP contribution in [-0.4, -0.2) is 54.6 Å². The summed E-state index contributed by atoms with van der Waals surface area (Å²) >= 11 is 0. The maximum absolute atomic E-state index is 12.1. The normalized spacial score (nSPS) is 32.1. The number of nitrogens with zero attached hydrogens (tertiary/aromatic N) is 1. The number of nitrogens with one attached hydrogen (secondary N) is 3. The minimum atomic E-state index is -0.122. The summed E-state index contributed by atoms with van der Waals surface area (Å²) in [6.07, 6.45) is 7.39. The number of piperidine rings is 1. The Morgan fingerprint density at radius 3 is 2.71 bits per heavy atom. The molecule has 1 spiro atoms. The van der Waals surface area contributed by atoms with Gasteiger partial charge in [0.15, 0.2) is 0 Å². The average molecular weight is 294 g/mol. The van der Waals surface area contributed by atoms with E-state index in [1.54, 1.807) is 0 Å². The highest BCUT2D eigenvalue weighted by Gasteiger charge is 2.45. The van der Waals surface area contributed by atoms with Crippen LogP contribution in [0, 0.1) is 0 Å². The number of likely N-dealkylation sites (tertiary alicyclic amines) is 1. The molecule has 1 saturated carbocycles. The van der Waals surface area contributed by atoms with Crippen molar-refractivity contribution in [2.45, 2.75) is 62.6 Å². The van der Waals surface area contributed by atoms with Crippen molar-refractivity contribution in [2.24, 2.45) is 0 Å². The molecule has 0 aromatic rings. The molecule has 0 bridgehead atoms. The molecule has 0 aromatic heterocycles. The summed E-state index contributed by atoms with van der Waals surface area (Å²) in [4.78, 5) is 25.9. The van der Waals surface area contributed by atoms with Crippen molar-refractivity contribution in [2.75, 3.05) is 20.1 Å². The fraction of sp³-hybridized carbons (Fsp3) is 0.867. The zero-order valence-corrected chi connectivity index (χ0v) is 12.8. The Morgan fingerprint density at radius 1 is 1.29 bits per heavy atom. The fourth-order valence-electron chi connectivity index (χ4n) is 4.24. The third-order valence-corrected chi connectivity index (χ3v) is 5.38. The van der Waals surface area contributed by atoms with E-state index in [1.165, 1.54) is 25.7 Å². The monoisotopic (exact) mass is 294 g/mol. The molecule has 2 unspecified atom stereocenters. The van der Waals surface area contributed by atoms with Crippen LogP contribution in [0.25, 0.3) is 0 Å². The van der Waals surface area contributed by atoms with E-state index in [2.05, 4.69) is 27.9 Å². The molecule has 21 heavy (non-hydrogen) atoms. The molecule has 1 aliphatic carbocycles. The first-order valence-electron chi connectivity index (χ1n) is 8.12. The molecular formula is C15H26N4O2. The quantitative estimate of drug-likeness (QED) is 0.697. The molecule has 6 heteroatoms. The van der Waals surface area contributed by atoms with Crippen LogP contribution in [0.3, 0.4) is 0 Å². The van der Waals surface area contributed by atoms with Crippen LogP contribution in [0.5, 0.6) is 0 Å². The molecule has 2 atom stereocenters. The number of hydrogen-bond donors (Lipinski definition) is 3. The lowest BCUT2D eigenvalue weighted by atomic mass is 9.93. The Bertz CT molecular complexity index is 420. The molecule has 2 aliphatic heterocycles. The third-order valence-electron chi connectivity index (χ3n) is 5.38. The van der Waals surface area contributed by atoms with Crippen LogP contribution >= 0.6 is 0 Å². The molecule has 3 rings (SSSR count). The Balaban J connectivity index is 1.48. The fourth-order valence-corrected chi connectivity index (χ4v) is 4.24. The van der Waals surface area contributed by atoms with E-state index in [0.29, 0.717) is 18.5 Å². The molecule has 118 valence electrons. The van der Waals surface area contributed by atoms with E-state index in [-0.39, 0.29) is 24.0 Å². The van der Waals surface area contributed by atoms with Crippen LogP contribution in [0.15, 0.2) is 0 Å². The maximum Gasteiger partial charge on any atom is 0.315 e. The molecule has 0 aromatic carbocycles. The number of amides is 3. The second-order valence-electron chi connectivity index (χ2n) is 6.87. The summed E-state index contributed by atoms with van der Waals surface area (Å²) < 4.78 is 0. The van der Waals surface area contributed by atoms with Crippen molar-refractivity contribution in [3.63, 3.8) is 0 Å². The molecule has 2 heterocycles. The summed E-state index contributed by atoms with van der Waals surface area (Å²) in [5, 5.41) is 8.82. The zero-order chi connectivity index (χ0) is 14.9. The second kappa shape index (κ2) is 5.83. The van der Waals surface area contributed by atoms with Gasteiger partial charge in [0.05, 0.1) is 0 Å². The molecule has 6 nitrogen and oxygen atoms in total. The summed E-state index contributed by atoms with van der Waals surface area (Å²) in [5.41, 5.74) is 0.322. The van der Waals surface area contributed by atoms with Crippen molar-refractivity contribution >= 4 is 11.9 Å². The van der Waals surface area contributed by atoms with Gasteiger partial charge >= 0.3 is 6.03 Å². The van der Waals surface area contributed by atoms with Crippen LogP contribution in [0.2, 0.25) is 0 Å². The Morgan fingerprint density at radius 2 is 2.00 bits per heavy atom. The number of hydrogen-bond acceptors (Lipinski definition) is 3. The SMILES string of the molecule is CN1CC(NC(=O)NC2CCNC(=O)C2)CC12CCCC2. The third kappa shape index (κ3) is 3.15. The second-order valence-corrected chi connectivity index (χ2v) is 6.87. The van der Waals surface area contributed by atoms with Gasteiger partial charge in [-0.1, -0.05) is 12.8 Å². The minimum absolute atomic E-state index is 0.0251. The van der Waals surface area contributed by atoms with Gasteiger partial charge in [0.2, 0.25) is 5.91 Å². The average Bonchev–Trinajstić information content (AvgIpc) is 2.98. The molecular weight excluding hydrogens is 268 g/mol. The molecule has 2 saturated heterocycles. The van der Waals surface area contributed by atoms with Gasteiger partial charge < -0.3 is 16.0 Å². The van der Waals surface area contributed by atoms with E-state index in [9.17, 15) is 9.59 Å². The smallest absolute Gasteiger partial charge is 0.315 e.